The third-order valence-corrected chi connectivity index (χ3v) is 6.83. The fourth-order valence-corrected chi connectivity index (χ4v) is 4.95. The lowest BCUT2D eigenvalue weighted by molar-refractivity contribution is -0.132. The van der Waals surface area contributed by atoms with Crippen LogP contribution in [0.2, 0.25) is 5.02 Å². The number of rotatable bonds is 6. The van der Waals surface area contributed by atoms with Crippen molar-refractivity contribution in [1.82, 2.24) is 0 Å². The Labute approximate surface area is 224 Å². The van der Waals surface area contributed by atoms with Gasteiger partial charge in [0.2, 0.25) is 0 Å². The van der Waals surface area contributed by atoms with Crippen molar-refractivity contribution in [3.05, 3.63) is 101 Å². The Morgan fingerprint density at radius 2 is 1.76 bits per heavy atom. The number of phenols is 1. The van der Waals surface area contributed by atoms with E-state index in [9.17, 15) is 19.8 Å². The van der Waals surface area contributed by atoms with E-state index in [1.54, 1.807) is 43.3 Å². The number of ketones is 1. The zero-order valence-electron chi connectivity index (χ0n) is 20.6. The van der Waals surface area contributed by atoms with Gasteiger partial charge in [-0.25, -0.2) is 0 Å². The van der Waals surface area contributed by atoms with Gasteiger partial charge >= 0.3 is 0 Å². The van der Waals surface area contributed by atoms with Crippen molar-refractivity contribution >= 4 is 45.5 Å². The summed E-state index contributed by atoms with van der Waals surface area (Å²) >= 11 is 6.41. The summed E-state index contributed by atoms with van der Waals surface area (Å²) in [5.74, 6) is -1.60. The minimum Gasteiger partial charge on any atom is -0.507 e. The lowest BCUT2D eigenvalue weighted by atomic mass is 9.94. The van der Waals surface area contributed by atoms with Crippen molar-refractivity contribution in [2.75, 3.05) is 18.6 Å². The molecule has 1 unspecified atom stereocenters. The number of aliphatic hydroxyl groups excluding tert-OH is 1. The minimum absolute atomic E-state index is 0.0893. The Hall–Kier alpha value is -4.49. The third kappa shape index (κ3) is 4.21. The number of halogens is 1. The Morgan fingerprint density at radius 3 is 2.53 bits per heavy atom. The van der Waals surface area contributed by atoms with Crippen molar-refractivity contribution < 1.29 is 29.3 Å². The summed E-state index contributed by atoms with van der Waals surface area (Å²) in [5.41, 5.74) is 0.956. The standard InChI is InChI=1S/C30H24ClNO6/c1-3-38-25-15-18(11-14-24(25)33)27-26(28(34)21-16-19(37-2)12-13-22(21)31)29(35)30(36)32(27)23-10-6-8-17-7-4-5-9-20(17)23/h4-16,27,33-34H,3H2,1-2H3/b28-26+. The molecule has 5 rings (SSSR count). The molecule has 0 saturated carbocycles. The van der Waals surface area contributed by atoms with Gasteiger partial charge in [-0.1, -0.05) is 54.1 Å². The zero-order chi connectivity index (χ0) is 27.0. The molecular weight excluding hydrogens is 506 g/mol. The summed E-state index contributed by atoms with van der Waals surface area (Å²) in [7, 11) is 1.47. The minimum atomic E-state index is -1.04. The van der Waals surface area contributed by atoms with Crippen LogP contribution in [-0.4, -0.2) is 35.6 Å². The number of benzene rings is 4. The molecule has 2 N–H and O–H groups in total. The number of nitrogens with zero attached hydrogens (tertiary/aromatic N) is 1. The molecule has 4 aromatic carbocycles. The Kier molecular flexibility index (Phi) is 6.70. The highest BCUT2D eigenvalue weighted by Gasteiger charge is 2.47. The van der Waals surface area contributed by atoms with E-state index in [0.717, 1.165) is 10.8 Å². The van der Waals surface area contributed by atoms with Gasteiger partial charge in [-0.15, -0.1) is 0 Å². The van der Waals surface area contributed by atoms with Crippen LogP contribution in [0.5, 0.6) is 17.2 Å². The van der Waals surface area contributed by atoms with E-state index in [0.29, 0.717) is 23.6 Å². The van der Waals surface area contributed by atoms with Crippen molar-refractivity contribution in [3.63, 3.8) is 0 Å². The van der Waals surface area contributed by atoms with Crippen LogP contribution in [0.3, 0.4) is 0 Å². The van der Waals surface area contributed by atoms with Gasteiger partial charge < -0.3 is 19.7 Å². The van der Waals surface area contributed by atoms with Gasteiger partial charge in [0.05, 0.1) is 36.0 Å². The fraction of sp³-hybridized carbons (Fsp3) is 0.133. The second kappa shape index (κ2) is 10.1. The average Bonchev–Trinajstić information content (AvgIpc) is 3.19. The average molecular weight is 530 g/mol. The first-order chi connectivity index (χ1) is 18.3. The maximum Gasteiger partial charge on any atom is 0.300 e. The summed E-state index contributed by atoms with van der Waals surface area (Å²) in [6.07, 6.45) is 0. The summed E-state index contributed by atoms with van der Waals surface area (Å²) in [6, 6.07) is 21.2. The van der Waals surface area contributed by atoms with Crippen molar-refractivity contribution in [2.24, 2.45) is 0 Å². The van der Waals surface area contributed by atoms with E-state index in [1.165, 1.54) is 24.1 Å². The fourth-order valence-electron chi connectivity index (χ4n) is 4.74. The van der Waals surface area contributed by atoms with Gasteiger partial charge in [-0.2, -0.15) is 0 Å². The molecule has 1 saturated heterocycles. The molecule has 8 heteroatoms. The van der Waals surface area contributed by atoms with Gasteiger partial charge in [0.25, 0.3) is 11.7 Å². The van der Waals surface area contributed by atoms with Gasteiger partial charge in [-0.05, 0) is 54.3 Å². The largest absolute Gasteiger partial charge is 0.507 e. The highest BCUT2D eigenvalue weighted by Crippen LogP contribution is 2.46. The van der Waals surface area contributed by atoms with Crippen LogP contribution in [0.4, 0.5) is 5.69 Å². The van der Waals surface area contributed by atoms with Crippen LogP contribution in [0.1, 0.15) is 24.1 Å². The SMILES string of the molecule is CCOc1cc(C2/C(=C(\O)c3cc(OC)ccc3Cl)C(=O)C(=O)N2c2cccc3ccccc23)ccc1O. The molecule has 0 bridgehead atoms. The molecule has 7 nitrogen and oxygen atoms in total. The quantitative estimate of drug-likeness (QED) is 0.174. The second-order valence-corrected chi connectivity index (χ2v) is 9.08. The number of hydrogen-bond acceptors (Lipinski definition) is 6. The number of amides is 1. The van der Waals surface area contributed by atoms with Gasteiger partial charge in [0.1, 0.15) is 11.5 Å². The molecule has 1 aliphatic rings. The number of carbonyl (C=O) groups is 2. The number of aliphatic hydroxyl groups is 1. The molecule has 192 valence electrons. The molecule has 1 atom stereocenters. The number of aromatic hydroxyl groups is 1. The molecule has 1 heterocycles. The number of ether oxygens (including phenoxy) is 2. The molecule has 0 spiro atoms. The van der Waals surface area contributed by atoms with Crippen molar-refractivity contribution in [1.29, 1.82) is 0 Å². The molecule has 1 amide bonds. The van der Waals surface area contributed by atoms with E-state index < -0.39 is 23.5 Å². The van der Waals surface area contributed by atoms with E-state index in [1.807, 2.05) is 30.3 Å². The Balaban J connectivity index is 1.81. The highest BCUT2D eigenvalue weighted by molar-refractivity contribution is 6.52. The van der Waals surface area contributed by atoms with Crippen LogP contribution in [0, 0.1) is 0 Å². The van der Waals surface area contributed by atoms with Gasteiger partial charge in [-0.3, -0.25) is 14.5 Å². The van der Waals surface area contributed by atoms with Gasteiger partial charge in [0, 0.05) is 10.9 Å². The van der Waals surface area contributed by atoms with Crippen LogP contribution in [0.25, 0.3) is 16.5 Å². The van der Waals surface area contributed by atoms with Gasteiger partial charge in [0.15, 0.2) is 11.5 Å². The number of anilines is 1. The summed E-state index contributed by atoms with van der Waals surface area (Å²) in [4.78, 5) is 28.6. The molecule has 0 aromatic heterocycles. The first kappa shape index (κ1) is 25.2. The number of phenolic OH excluding ortho intramolecular Hbond substituents is 1. The molecule has 38 heavy (non-hydrogen) atoms. The number of methoxy groups -OCH3 is 1. The molecule has 0 radical (unpaired) electrons. The van der Waals surface area contributed by atoms with Crippen LogP contribution in [0.15, 0.2) is 84.4 Å². The Morgan fingerprint density at radius 1 is 1.00 bits per heavy atom. The molecule has 4 aromatic rings. The van der Waals surface area contributed by atoms with Crippen LogP contribution >= 0.6 is 11.6 Å². The number of fused-ring (bicyclic) bond motifs is 1. The Bertz CT molecular complexity index is 1610. The van der Waals surface area contributed by atoms with E-state index in [-0.39, 0.29) is 27.7 Å². The van der Waals surface area contributed by atoms with Crippen molar-refractivity contribution in [3.8, 4) is 17.2 Å². The molecule has 1 fully saturated rings. The predicted octanol–water partition coefficient (Wildman–Crippen LogP) is 6.23. The van der Waals surface area contributed by atoms with Crippen molar-refractivity contribution in [2.45, 2.75) is 13.0 Å². The molecule has 1 aliphatic heterocycles. The highest BCUT2D eigenvalue weighted by atomic mass is 35.5. The number of carbonyl (C=O) groups excluding carboxylic acids is 2. The number of Topliss-reactive ketones (excluding diaryl/α,β-unsaturated/α-hetero) is 1. The second-order valence-electron chi connectivity index (χ2n) is 8.67. The zero-order valence-corrected chi connectivity index (χ0v) is 21.4. The topological polar surface area (TPSA) is 96.3 Å². The number of hydrogen-bond donors (Lipinski definition) is 2. The summed E-state index contributed by atoms with van der Waals surface area (Å²) in [5, 5.41) is 23.6. The normalized spacial score (nSPS) is 16.7. The monoisotopic (exact) mass is 529 g/mol. The first-order valence-electron chi connectivity index (χ1n) is 11.9. The van der Waals surface area contributed by atoms with Crippen LogP contribution < -0.4 is 14.4 Å². The summed E-state index contributed by atoms with van der Waals surface area (Å²) < 4.78 is 10.9. The van der Waals surface area contributed by atoms with E-state index >= 15 is 0 Å². The third-order valence-electron chi connectivity index (χ3n) is 6.50. The lowest BCUT2D eigenvalue weighted by Crippen LogP contribution is -2.29. The van der Waals surface area contributed by atoms with E-state index in [4.69, 9.17) is 21.1 Å². The maximum absolute atomic E-state index is 13.7. The molecular formula is C30H24ClNO6. The van der Waals surface area contributed by atoms with E-state index in [2.05, 4.69) is 0 Å². The lowest BCUT2D eigenvalue weighted by Gasteiger charge is -2.27. The maximum atomic E-state index is 13.7. The predicted molar refractivity (Wildman–Crippen MR) is 146 cm³/mol. The van der Waals surface area contributed by atoms with Crippen LogP contribution in [-0.2, 0) is 9.59 Å². The first-order valence-corrected chi connectivity index (χ1v) is 12.3. The molecule has 0 aliphatic carbocycles. The summed E-state index contributed by atoms with van der Waals surface area (Å²) in [6.45, 7) is 2.07. The smallest absolute Gasteiger partial charge is 0.300 e.